The molecule has 3 unspecified atom stereocenters. The minimum atomic E-state index is -0.262. The zero-order valence-corrected chi connectivity index (χ0v) is 10.1. The van der Waals surface area contributed by atoms with Crippen LogP contribution in [0, 0.1) is 0 Å². The van der Waals surface area contributed by atoms with Crippen LogP contribution in [0.15, 0.2) is 0 Å². The minimum Gasteiger partial charge on any atom is -0.390 e. The molecule has 2 aliphatic rings. The highest BCUT2D eigenvalue weighted by atomic mass is 16.5. The van der Waals surface area contributed by atoms with E-state index >= 15 is 0 Å². The SMILES string of the molecule is OC(CCCC1CCCO1)C1CCCCO1. The summed E-state index contributed by atoms with van der Waals surface area (Å²) in [6, 6.07) is 0. The average Bonchev–Trinajstić information content (AvgIpc) is 2.83. The van der Waals surface area contributed by atoms with Crippen LogP contribution < -0.4 is 0 Å². The fraction of sp³-hybridized carbons (Fsp3) is 1.00. The second-order valence-electron chi connectivity index (χ2n) is 5.04. The Balaban J connectivity index is 1.57. The van der Waals surface area contributed by atoms with E-state index in [1.165, 1.54) is 19.3 Å². The van der Waals surface area contributed by atoms with Gasteiger partial charge in [-0.05, 0) is 51.4 Å². The summed E-state index contributed by atoms with van der Waals surface area (Å²) in [6.07, 6.45) is 9.11. The van der Waals surface area contributed by atoms with Crippen molar-refractivity contribution >= 4 is 0 Å². The van der Waals surface area contributed by atoms with Gasteiger partial charge in [0, 0.05) is 13.2 Å². The first-order chi connectivity index (χ1) is 7.86. The third-order valence-electron chi connectivity index (χ3n) is 3.69. The monoisotopic (exact) mass is 228 g/mol. The number of hydrogen-bond acceptors (Lipinski definition) is 3. The molecule has 3 atom stereocenters. The van der Waals surface area contributed by atoms with Gasteiger partial charge in [0.05, 0.1) is 18.3 Å². The standard InChI is InChI=1S/C13H24O3/c14-12(13-8-1-2-9-16-13)7-3-5-11-6-4-10-15-11/h11-14H,1-10H2. The van der Waals surface area contributed by atoms with Crippen LogP contribution in [0.1, 0.15) is 51.4 Å². The van der Waals surface area contributed by atoms with Crippen molar-refractivity contribution in [1.29, 1.82) is 0 Å². The Morgan fingerprint density at radius 3 is 2.62 bits per heavy atom. The van der Waals surface area contributed by atoms with E-state index in [0.717, 1.165) is 45.3 Å². The number of ether oxygens (including phenoxy) is 2. The van der Waals surface area contributed by atoms with E-state index in [1.807, 2.05) is 0 Å². The normalized spacial score (nSPS) is 32.8. The Morgan fingerprint density at radius 1 is 1.06 bits per heavy atom. The highest BCUT2D eigenvalue weighted by Crippen LogP contribution is 2.22. The number of rotatable bonds is 5. The lowest BCUT2D eigenvalue weighted by Gasteiger charge is -2.27. The molecule has 16 heavy (non-hydrogen) atoms. The Kier molecular flexibility index (Phi) is 5.07. The van der Waals surface area contributed by atoms with Gasteiger partial charge in [-0.1, -0.05) is 0 Å². The van der Waals surface area contributed by atoms with Crippen molar-refractivity contribution in [3.8, 4) is 0 Å². The first kappa shape index (κ1) is 12.3. The molecule has 0 radical (unpaired) electrons. The molecule has 2 aliphatic heterocycles. The molecule has 0 aromatic rings. The van der Waals surface area contributed by atoms with Gasteiger partial charge in [-0.15, -0.1) is 0 Å². The van der Waals surface area contributed by atoms with Gasteiger partial charge < -0.3 is 14.6 Å². The smallest absolute Gasteiger partial charge is 0.0833 e. The van der Waals surface area contributed by atoms with Crippen LogP contribution in [0.4, 0.5) is 0 Å². The van der Waals surface area contributed by atoms with Gasteiger partial charge in [-0.3, -0.25) is 0 Å². The van der Waals surface area contributed by atoms with Crippen LogP contribution in [0.2, 0.25) is 0 Å². The predicted octanol–water partition coefficient (Wildman–Crippen LogP) is 2.27. The van der Waals surface area contributed by atoms with Gasteiger partial charge in [0.15, 0.2) is 0 Å². The van der Waals surface area contributed by atoms with E-state index in [4.69, 9.17) is 9.47 Å². The van der Waals surface area contributed by atoms with Gasteiger partial charge in [-0.2, -0.15) is 0 Å². The summed E-state index contributed by atoms with van der Waals surface area (Å²) in [5, 5.41) is 9.98. The van der Waals surface area contributed by atoms with Gasteiger partial charge in [0.2, 0.25) is 0 Å². The van der Waals surface area contributed by atoms with Crippen LogP contribution >= 0.6 is 0 Å². The van der Waals surface area contributed by atoms with Gasteiger partial charge in [-0.25, -0.2) is 0 Å². The first-order valence-corrected chi connectivity index (χ1v) is 6.77. The molecule has 0 bridgehead atoms. The van der Waals surface area contributed by atoms with E-state index in [9.17, 15) is 5.11 Å². The van der Waals surface area contributed by atoms with Crippen molar-refractivity contribution in [1.82, 2.24) is 0 Å². The van der Waals surface area contributed by atoms with Crippen LogP contribution in [0.5, 0.6) is 0 Å². The summed E-state index contributed by atoms with van der Waals surface area (Å²) in [7, 11) is 0. The average molecular weight is 228 g/mol. The lowest BCUT2D eigenvalue weighted by Crippen LogP contribution is -2.32. The maximum absolute atomic E-state index is 9.98. The Labute approximate surface area is 98.1 Å². The fourth-order valence-corrected chi connectivity index (χ4v) is 2.68. The Morgan fingerprint density at radius 2 is 1.94 bits per heavy atom. The second kappa shape index (κ2) is 6.58. The lowest BCUT2D eigenvalue weighted by molar-refractivity contribution is -0.0656. The molecule has 0 saturated carbocycles. The minimum absolute atomic E-state index is 0.0956. The zero-order chi connectivity index (χ0) is 11.2. The molecule has 94 valence electrons. The summed E-state index contributed by atoms with van der Waals surface area (Å²) in [4.78, 5) is 0. The quantitative estimate of drug-likeness (QED) is 0.784. The molecule has 2 fully saturated rings. The fourth-order valence-electron chi connectivity index (χ4n) is 2.68. The van der Waals surface area contributed by atoms with E-state index in [0.29, 0.717) is 6.10 Å². The van der Waals surface area contributed by atoms with Crippen LogP contribution in [0.3, 0.4) is 0 Å². The van der Waals surface area contributed by atoms with Crippen molar-refractivity contribution in [2.75, 3.05) is 13.2 Å². The highest BCUT2D eigenvalue weighted by Gasteiger charge is 2.23. The molecule has 2 saturated heterocycles. The predicted molar refractivity (Wildman–Crippen MR) is 62.4 cm³/mol. The Hall–Kier alpha value is -0.120. The van der Waals surface area contributed by atoms with Crippen molar-refractivity contribution in [2.24, 2.45) is 0 Å². The van der Waals surface area contributed by atoms with E-state index in [2.05, 4.69) is 0 Å². The molecule has 0 aromatic carbocycles. The van der Waals surface area contributed by atoms with Crippen LogP contribution in [0.25, 0.3) is 0 Å². The van der Waals surface area contributed by atoms with Gasteiger partial charge in [0.25, 0.3) is 0 Å². The molecule has 2 heterocycles. The summed E-state index contributed by atoms with van der Waals surface area (Å²) in [6.45, 7) is 1.76. The van der Waals surface area contributed by atoms with Gasteiger partial charge in [0.1, 0.15) is 0 Å². The molecule has 2 rings (SSSR count). The van der Waals surface area contributed by atoms with E-state index in [1.54, 1.807) is 0 Å². The van der Waals surface area contributed by atoms with Crippen LogP contribution in [-0.4, -0.2) is 36.6 Å². The van der Waals surface area contributed by atoms with Crippen molar-refractivity contribution in [2.45, 2.75) is 69.7 Å². The molecule has 0 aliphatic carbocycles. The molecule has 3 heteroatoms. The summed E-state index contributed by atoms with van der Waals surface area (Å²) in [5.74, 6) is 0. The number of aliphatic hydroxyl groups excluding tert-OH is 1. The second-order valence-corrected chi connectivity index (χ2v) is 5.04. The lowest BCUT2D eigenvalue weighted by atomic mass is 9.99. The van der Waals surface area contributed by atoms with Crippen molar-refractivity contribution < 1.29 is 14.6 Å². The molecular weight excluding hydrogens is 204 g/mol. The van der Waals surface area contributed by atoms with Crippen LogP contribution in [-0.2, 0) is 9.47 Å². The summed E-state index contributed by atoms with van der Waals surface area (Å²) < 4.78 is 11.1. The first-order valence-electron chi connectivity index (χ1n) is 6.77. The highest BCUT2D eigenvalue weighted by molar-refractivity contribution is 4.73. The molecular formula is C13H24O3. The topological polar surface area (TPSA) is 38.7 Å². The van der Waals surface area contributed by atoms with Gasteiger partial charge >= 0.3 is 0 Å². The summed E-state index contributed by atoms with van der Waals surface area (Å²) in [5.41, 5.74) is 0. The van der Waals surface area contributed by atoms with Crippen molar-refractivity contribution in [3.05, 3.63) is 0 Å². The zero-order valence-electron chi connectivity index (χ0n) is 10.1. The molecule has 3 nitrogen and oxygen atoms in total. The Bertz CT molecular complexity index is 184. The third-order valence-corrected chi connectivity index (χ3v) is 3.69. The molecule has 1 N–H and O–H groups in total. The number of aliphatic hydroxyl groups is 1. The maximum atomic E-state index is 9.98. The summed E-state index contributed by atoms with van der Waals surface area (Å²) >= 11 is 0. The molecule has 0 amide bonds. The largest absolute Gasteiger partial charge is 0.390 e. The van der Waals surface area contributed by atoms with E-state index < -0.39 is 0 Å². The van der Waals surface area contributed by atoms with Crippen molar-refractivity contribution in [3.63, 3.8) is 0 Å². The maximum Gasteiger partial charge on any atom is 0.0833 e. The molecule has 0 spiro atoms. The third kappa shape index (κ3) is 3.72. The molecule has 0 aromatic heterocycles. The van der Waals surface area contributed by atoms with E-state index in [-0.39, 0.29) is 12.2 Å². The number of hydrogen-bond donors (Lipinski definition) is 1.